The molecule has 2 rings (SSSR count). The zero-order valence-corrected chi connectivity index (χ0v) is 14.1. The Kier molecular flexibility index (Phi) is 5.56. The van der Waals surface area contributed by atoms with Crippen LogP contribution in [0, 0.1) is 13.8 Å². The van der Waals surface area contributed by atoms with Crippen LogP contribution in [-0.4, -0.2) is 46.5 Å². The number of carboxylic acids is 1. The smallest absolute Gasteiger partial charge is 0.325 e. The van der Waals surface area contributed by atoms with Gasteiger partial charge < -0.3 is 10.4 Å². The van der Waals surface area contributed by atoms with Crippen LogP contribution in [0.4, 0.5) is 10.5 Å². The van der Waals surface area contributed by atoms with Gasteiger partial charge in [-0.2, -0.15) is 0 Å². The molecule has 0 aliphatic heterocycles. The molecule has 1 atom stereocenters. The van der Waals surface area contributed by atoms with Crippen molar-refractivity contribution in [3.05, 3.63) is 29.3 Å². The lowest BCUT2D eigenvalue weighted by Gasteiger charge is -2.25. The quantitative estimate of drug-likeness (QED) is 0.738. The third-order valence-corrected chi connectivity index (χ3v) is 4.30. The minimum absolute atomic E-state index is 0.101. The van der Waals surface area contributed by atoms with Crippen molar-refractivity contribution in [2.24, 2.45) is 0 Å². The number of carbonyl (C=O) groups is 3. The van der Waals surface area contributed by atoms with E-state index in [1.54, 1.807) is 17.9 Å². The Morgan fingerprint density at radius 2 is 1.96 bits per heavy atom. The van der Waals surface area contributed by atoms with Gasteiger partial charge in [-0.1, -0.05) is 12.1 Å². The molecule has 1 aromatic carbocycles. The summed E-state index contributed by atoms with van der Waals surface area (Å²) < 4.78 is 0. The van der Waals surface area contributed by atoms with E-state index >= 15 is 0 Å². The Morgan fingerprint density at radius 1 is 1.29 bits per heavy atom. The highest BCUT2D eigenvalue weighted by Gasteiger charge is 2.36. The minimum Gasteiger partial charge on any atom is -0.480 e. The fraction of sp³-hybridized carbons (Fsp3) is 0.471. The molecule has 3 amide bonds. The molecule has 3 N–H and O–H groups in total. The van der Waals surface area contributed by atoms with E-state index in [0.717, 1.165) is 24.0 Å². The molecule has 0 saturated heterocycles. The molecule has 1 saturated carbocycles. The zero-order chi connectivity index (χ0) is 17.9. The third kappa shape index (κ3) is 4.55. The van der Waals surface area contributed by atoms with Crippen LogP contribution in [0.5, 0.6) is 0 Å². The third-order valence-electron chi connectivity index (χ3n) is 4.30. The predicted octanol–water partition coefficient (Wildman–Crippen LogP) is 1.89. The van der Waals surface area contributed by atoms with Crippen molar-refractivity contribution in [1.29, 1.82) is 0 Å². The molecule has 0 radical (unpaired) electrons. The molecule has 7 nitrogen and oxygen atoms in total. The van der Waals surface area contributed by atoms with Crippen molar-refractivity contribution in [3.8, 4) is 0 Å². The number of nitrogens with one attached hydrogen (secondary N) is 2. The largest absolute Gasteiger partial charge is 0.480 e. The van der Waals surface area contributed by atoms with E-state index in [4.69, 9.17) is 5.11 Å². The highest BCUT2D eigenvalue weighted by molar-refractivity contribution is 6.02. The van der Waals surface area contributed by atoms with Gasteiger partial charge in [0, 0.05) is 11.7 Å². The Hall–Kier alpha value is -2.41. The van der Waals surface area contributed by atoms with E-state index in [-0.39, 0.29) is 12.6 Å². The summed E-state index contributed by atoms with van der Waals surface area (Å²) in [5, 5.41) is 14.0. The minimum atomic E-state index is -0.977. The molecule has 0 heterocycles. The maximum absolute atomic E-state index is 12.1. The number of aryl methyl sites for hydroxylation is 1. The molecule has 1 aromatic rings. The molecule has 1 aliphatic carbocycles. The first kappa shape index (κ1) is 17.9. The summed E-state index contributed by atoms with van der Waals surface area (Å²) in [6.07, 6.45) is 1.75. The van der Waals surface area contributed by atoms with Crippen molar-refractivity contribution in [1.82, 2.24) is 10.2 Å². The van der Waals surface area contributed by atoms with Crippen LogP contribution in [0.15, 0.2) is 18.2 Å². The first-order chi connectivity index (χ1) is 11.3. The fourth-order valence-electron chi connectivity index (χ4n) is 2.50. The monoisotopic (exact) mass is 333 g/mol. The van der Waals surface area contributed by atoms with Crippen LogP contribution in [0.3, 0.4) is 0 Å². The van der Waals surface area contributed by atoms with Crippen molar-refractivity contribution in [3.63, 3.8) is 0 Å². The van der Waals surface area contributed by atoms with Crippen LogP contribution < -0.4 is 10.6 Å². The highest BCUT2D eigenvalue weighted by Crippen LogP contribution is 2.28. The number of benzene rings is 1. The second-order valence-corrected chi connectivity index (χ2v) is 6.17. The number of anilines is 1. The number of nitrogens with zero attached hydrogens (tertiary/aromatic N) is 1. The van der Waals surface area contributed by atoms with Gasteiger partial charge in [0.1, 0.15) is 6.04 Å². The van der Waals surface area contributed by atoms with E-state index < -0.39 is 23.9 Å². The first-order valence-corrected chi connectivity index (χ1v) is 7.95. The molecular weight excluding hydrogens is 310 g/mol. The molecule has 0 bridgehead atoms. The number of aliphatic carboxylic acids is 1. The van der Waals surface area contributed by atoms with Crippen LogP contribution in [0.1, 0.15) is 30.9 Å². The summed E-state index contributed by atoms with van der Waals surface area (Å²) in [6, 6.07) is 4.24. The van der Waals surface area contributed by atoms with Gasteiger partial charge in [0.2, 0.25) is 5.91 Å². The number of amides is 3. The number of hydrogen-bond donors (Lipinski definition) is 3. The Labute approximate surface area is 141 Å². The van der Waals surface area contributed by atoms with Crippen molar-refractivity contribution in [2.75, 3.05) is 11.9 Å². The average Bonchev–Trinajstić information content (AvgIpc) is 3.33. The number of carboxylic acid groups (broad SMARTS) is 1. The van der Waals surface area contributed by atoms with E-state index in [0.29, 0.717) is 5.69 Å². The number of carbonyl (C=O) groups excluding carboxylic acids is 2. The van der Waals surface area contributed by atoms with Gasteiger partial charge in [0.05, 0.1) is 6.54 Å². The SMILES string of the molecule is Cc1cccc(NC(=O)NC(=O)CN(C2CC2)C(C)C(=O)O)c1C. The second kappa shape index (κ2) is 7.44. The van der Waals surface area contributed by atoms with Crippen LogP contribution in [-0.2, 0) is 9.59 Å². The number of urea groups is 1. The molecule has 1 aliphatic rings. The van der Waals surface area contributed by atoms with E-state index in [1.165, 1.54) is 0 Å². The summed E-state index contributed by atoms with van der Waals surface area (Å²) >= 11 is 0. The van der Waals surface area contributed by atoms with Gasteiger partial charge in [-0.3, -0.25) is 19.8 Å². The number of imide groups is 1. The lowest BCUT2D eigenvalue weighted by atomic mass is 10.1. The molecule has 130 valence electrons. The van der Waals surface area contributed by atoms with Gasteiger partial charge in [-0.05, 0) is 50.8 Å². The number of rotatable bonds is 6. The predicted molar refractivity (Wildman–Crippen MR) is 89.9 cm³/mol. The molecule has 24 heavy (non-hydrogen) atoms. The lowest BCUT2D eigenvalue weighted by Crippen LogP contribution is -2.48. The topological polar surface area (TPSA) is 98.7 Å². The van der Waals surface area contributed by atoms with Crippen molar-refractivity contribution in [2.45, 2.75) is 45.7 Å². The lowest BCUT2D eigenvalue weighted by molar-refractivity contribution is -0.143. The molecular formula is C17H23N3O4. The zero-order valence-electron chi connectivity index (χ0n) is 14.1. The highest BCUT2D eigenvalue weighted by atomic mass is 16.4. The summed E-state index contributed by atoms with van der Waals surface area (Å²) in [7, 11) is 0. The molecule has 1 unspecified atom stereocenters. The van der Waals surface area contributed by atoms with Gasteiger partial charge in [0.15, 0.2) is 0 Å². The second-order valence-electron chi connectivity index (χ2n) is 6.17. The molecule has 0 aromatic heterocycles. The maximum atomic E-state index is 12.1. The van der Waals surface area contributed by atoms with E-state index in [1.807, 2.05) is 26.0 Å². The maximum Gasteiger partial charge on any atom is 0.325 e. The summed E-state index contributed by atoms with van der Waals surface area (Å²) in [6.45, 7) is 5.25. The van der Waals surface area contributed by atoms with E-state index in [9.17, 15) is 14.4 Å². The van der Waals surface area contributed by atoms with Crippen molar-refractivity contribution < 1.29 is 19.5 Å². The van der Waals surface area contributed by atoms with Gasteiger partial charge in [0.25, 0.3) is 0 Å². The van der Waals surface area contributed by atoms with Crippen molar-refractivity contribution >= 4 is 23.6 Å². The van der Waals surface area contributed by atoms with Crippen LogP contribution in [0.25, 0.3) is 0 Å². The molecule has 0 spiro atoms. The van der Waals surface area contributed by atoms with E-state index in [2.05, 4.69) is 10.6 Å². The van der Waals surface area contributed by atoms with Crippen LogP contribution in [0.2, 0.25) is 0 Å². The normalized spacial score (nSPS) is 15.0. The summed E-state index contributed by atoms with van der Waals surface area (Å²) in [5.41, 5.74) is 2.60. The number of hydrogen-bond acceptors (Lipinski definition) is 4. The standard InChI is InChI=1S/C17H23N3O4/c1-10-5-4-6-14(11(10)2)18-17(24)19-15(21)9-20(13-7-8-13)12(3)16(22)23/h4-6,12-13H,7-9H2,1-3H3,(H,22,23)(H2,18,19,21,24). The molecule has 7 heteroatoms. The Bertz CT molecular complexity index is 655. The fourth-order valence-corrected chi connectivity index (χ4v) is 2.50. The Balaban J connectivity index is 1.92. The summed E-state index contributed by atoms with van der Waals surface area (Å²) in [4.78, 5) is 36.8. The van der Waals surface area contributed by atoms with Gasteiger partial charge in [-0.15, -0.1) is 0 Å². The Morgan fingerprint density at radius 3 is 2.54 bits per heavy atom. The van der Waals surface area contributed by atoms with Gasteiger partial charge >= 0.3 is 12.0 Å². The molecule has 1 fully saturated rings. The van der Waals surface area contributed by atoms with Crippen LogP contribution >= 0.6 is 0 Å². The average molecular weight is 333 g/mol. The summed E-state index contributed by atoms with van der Waals surface area (Å²) in [5.74, 6) is -1.49. The first-order valence-electron chi connectivity index (χ1n) is 7.95. The van der Waals surface area contributed by atoms with Gasteiger partial charge in [-0.25, -0.2) is 4.79 Å².